The molecule has 0 saturated carbocycles. The van der Waals surface area contributed by atoms with E-state index >= 15 is 0 Å². The Morgan fingerprint density at radius 1 is 1.36 bits per heavy atom. The van der Waals surface area contributed by atoms with Crippen LogP contribution in [0.4, 0.5) is 0 Å². The monoisotopic (exact) mass is 323 g/mol. The number of carboxylic acid groups (broad SMARTS) is 1. The van der Waals surface area contributed by atoms with Gasteiger partial charge >= 0.3 is 5.97 Å². The summed E-state index contributed by atoms with van der Waals surface area (Å²) in [5, 5.41) is 9.13. The molecule has 0 aromatic carbocycles. The molecular formula is C16H21NO4S. The maximum Gasteiger partial charge on any atom is 0.334 e. The lowest BCUT2D eigenvalue weighted by Crippen LogP contribution is -2.51. The third-order valence-corrected chi connectivity index (χ3v) is 5.59. The molecule has 2 unspecified atom stereocenters. The number of hydrogen-bond donors (Lipinski definition) is 1. The van der Waals surface area contributed by atoms with Crippen molar-refractivity contribution in [3.8, 4) is 0 Å². The zero-order chi connectivity index (χ0) is 15.9. The van der Waals surface area contributed by atoms with Gasteiger partial charge in [-0.1, -0.05) is 6.92 Å². The highest BCUT2D eigenvalue weighted by atomic mass is 32.1. The molecule has 0 bridgehead atoms. The molecule has 3 rings (SSSR count). The van der Waals surface area contributed by atoms with Gasteiger partial charge in [0.2, 0.25) is 0 Å². The van der Waals surface area contributed by atoms with Crippen LogP contribution in [0.1, 0.15) is 40.4 Å². The zero-order valence-electron chi connectivity index (χ0n) is 12.9. The van der Waals surface area contributed by atoms with Gasteiger partial charge in [0.15, 0.2) is 6.10 Å². The number of carbonyl (C=O) groups is 2. The molecule has 1 aromatic heterocycles. The van der Waals surface area contributed by atoms with E-state index in [1.807, 2.05) is 6.07 Å². The summed E-state index contributed by atoms with van der Waals surface area (Å²) in [6.07, 6.45) is 2.08. The summed E-state index contributed by atoms with van der Waals surface area (Å²) in [5.74, 6) is -0.401. The van der Waals surface area contributed by atoms with Crippen molar-refractivity contribution in [2.45, 2.75) is 45.3 Å². The Balaban J connectivity index is 1.77. The van der Waals surface area contributed by atoms with Crippen molar-refractivity contribution in [2.75, 3.05) is 13.1 Å². The van der Waals surface area contributed by atoms with E-state index < -0.39 is 12.1 Å². The molecule has 1 aliphatic carbocycles. The number of amides is 1. The number of morpholine rings is 1. The molecule has 0 spiro atoms. The Bertz CT molecular complexity index is 597. The summed E-state index contributed by atoms with van der Waals surface area (Å²) < 4.78 is 5.37. The average Bonchev–Trinajstić information content (AvgIpc) is 2.88. The number of hydrogen-bond acceptors (Lipinski definition) is 4. The van der Waals surface area contributed by atoms with E-state index in [1.165, 1.54) is 16.9 Å². The van der Waals surface area contributed by atoms with Crippen LogP contribution in [0, 0.1) is 5.92 Å². The summed E-state index contributed by atoms with van der Waals surface area (Å²) in [6.45, 7) is 4.61. The van der Waals surface area contributed by atoms with Gasteiger partial charge in [-0.3, -0.25) is 4.79 Å². The number of ether oxygens (including phenoxy) is 1. The molecule has 3 atom stereocenters. The number of nitrogens with zero attached hydrogens (tertiary/aromatic N) is 1. The first-order valence-electron chi connectivity index (χ1n) is 7.73. The predicted octanol–water partition coefficient (Wildman–Crippen LogP) is 2.19. The van der Waals surface area contributed by atoms with Gasteiger partial charge in [0.25, 0.3) is 5.91 Å². The maximum absolute atomic E-state index is 12.7. The summed E-state index contributed by atoms with van der Waals surface area (Å²) in [6, 6.07) is 2.01. The molecule has 1 fully saturated rings. The smallest absolute Gasteiger partial charge is 0.334 e. The van der Waals surface area contributed by atoms with Crippen LogP contribution >= 0.6 is 11.3 Å². The summed E-state index contributed by atoms with van der Waals surface area (Å²) >= 11 is 1.57. The quantitative estimate of drug-likeness (QED) is 0.906. The highest BCUT2D eigenvalue weighted by molar-refractivity contribution is 7.14. The maximum atomic E-state index is 12.7. The zero-order valence-corrected chi connectivity index (χ0v) is 13.7. The van der Waals surface area contributed by atoms with Gasteiger partial charge in [0.05, 0.1) is 17.5 Å². The standard InChI is InChI=1S/C16H21NO4S/c1-9-3-4-13-11(5-9)6-14(22-13)15(18)17-7-10(2)21-12(8-17)16(19)20/h6,9-10,12H,3-5,7-8H2,1-2H3,(H,19,20)/t9?,10-,12?/m1/s1. The van der Waals surface area contributed by atoms with E-state index in [0.29, 0.717) is 12.5 Å². The predicted molar refractivity (Wildman–Crippen MR) is 83.4 cm³/mol. The molecule has 120 valence electrons. The van der Waals surface area contributed by atoms with Gasteiger partial charge in [-0.25, -0.2) is 4.79 Å². The first kappa shape index (κ1) is 15.5. The molecule has 22 heavy (non-hydrogen) atoms. The second kappa shape index (κ2) is 6.01. The lowest BCUT2D eigenvalue weighted by molar-refractivity contribution is -0.160. The Hall–Kier alpha value is -1.40. The SMILES string of the molecule is CC1CCc2sc(C(=O)N3CC(C(=O)O)O[C@H](C)C3)cc2C1. The minimum Gasteiger partial charge on any atom is -0.479 e. The Kier molecular flexibility index (Phi) is 4.23. The second-order valence-electron chi connectivity index (χ2n) is 6.39. The largest absolute Gasteiger partial charge is 0.479 e. The molecule has 2 aliphatic rings. The molecule has 0 radical (unpaired) electrons. The molecule has 1 N–H and O–H groups in total. The number of rotatable bonds is 2. The summed E-state index contributed by atoms with van der Waals surface area (Å²) in [4.78, 5) is 27.5. The summed E-state index contributed by atoms with van der Waals surface area (Å²) in [7, 11) is 0. The molecule has 6 heteroatoms. The first-order valence-corrected chi connectivity index (χ1v) is 8.54. The lowest BCUT2D eigenvalue weighted by Gasteiger charge is -2.34. The fourth-order valence-electron chi connectivity index (χ4n) is 3.22. The number of carbonyl (C=O) groups excluding carboxylic acids is 1. The number of aliphatic carboxylic acids is 1. The van der Waals surface area contributed by atoms with E-state index in [1.54, 1.807) is 23.2 Å². The second-order valence-corrected chi connectivity index (χ2v) is 7.53. The van der Waals surface area contributed by atoms with E-state index in [9.17, 15) is 9.59 Å². The number of carboxylic acids is 1. The van der Waals surface area contributed by atoms with Crippen molar-refractivity contribution in [3.05, 3.63) is 21.4 Å². The minimum atomic E-state index is -1.01. The molecule has 1 saturated heterocycles. The van der Waals surface area contributed by atoms with Crippen LogP contribution in [0.3, 0.4) is 0 Å². The van der Waals surface area contributed by atoms with Crippen LogP contribution in [0.25, 0.3) is 0 Å². The van der Waals surface area contributed by atoms with Crippen LogP contribution in [0.15, 0.2) is 6.07 Å². The molecule has 2 heterocycles. The molecule has 1 aromatic rings. The van der Waals surface area contributed by atoms with E-state index in [4.69, 9.17) is 9.84 Å². The minimum absolute atomic E-state index is 0.0616. The van der Waals surface area contributed by atoms with Crippen molar-refractivity contribution in [1.82, 2.24) is 4.90 Å². The van der Waals surface area contributed by atoms with Crippen molar-refractivity contribution in [2.24, 2.45) is 5.92 Å². The molecule has 1 amide bonds. The third-order valence-electron chi connectivity index (χ3n) is 4.36. The normalized spacial score (nSPS) is 28.3. The lowest BCUT2D eigenvalue weighted by atomic mass is 9.90. The van der Waals surface area contributed by atoms with Gasteiger partial charge in [-0.2, -0.15) is 0 Å². The third kappa shape index (κ3) is 3.03. The highest BCUT2D eigenvalue weighted by Gasteiger charge is 2.34. The van der Waals surface area contributed by atoms with E-state index in [2.05, 4.69) is 6.92 Å². The first-order chi connectivity index (χ1) is 10.4. The number of thiophene rings is 1. The van der Waals surface area contributed by atoms with Gasteiger partial charge in [-0.05, 0) is 43.7 Å². The van der Waals surface area contributed by atoms with Gasteiger partial charge in [-0.15, -0.1) is 11.3 Å². The highest BCUT2D eigenvalue weighted by Crippen LogP contribution is 2.33. The fourth-order valence-corrected chi connectivity index (χ4v) is 4.40. The van der Waals surface area contributed by atoms with Crippen molar-refractivity contribution in [3.63, 3.8) is 0 Å². The Morgan fingerprint density at radius 3 is 2.86 bits per heavy atom. The van der Waals surface area contributed by atoms with Gasteiger partial charge in [0, 0.05) is 11.4 Å². The number of aryl methyl sites for hydroxylation is 1. The van der Waals surface area contributed by atoms with Crippen LogP contribution < -0.4 is 0 Å². The van der Waals surface area contributed by atoms with Crippen LogP contribution in [0.2, 0.25) is 0 Å². The topological polar surface area (TPSA) is 66.8 Å². The average molecular weight is 323 g/mol. The Labute approximate surface area is 133 Å². The van der Waals surface area contributed by atoms with Gasteiger partial charge in [0.1, 0.15) is 0 Å². The van der Waals surface area contributed by atoms with Crippen LogP contribution in [0.5, 0.6) is 0 Å². The van der Waals surface area contributed by atoms with Crippen LogP contribution in [-0.4, -0.2) is 47.2 Å². The summed E-state index contributed by atoms with van der Waals surface area (Å²) in [5.41, 5.74) is 1.29. The Morgan fingerprint density at radius 2 is 2.14 bits per heavy atom. The van der Waals surface area contributed by atoms with Gasteiger partial charge < -0.3 is 14.7 Å². The van der Waals surface area contributed by atoms with E-state index in [0.717, 1.165) is 17.7 Å². The number of fused-ring (bicyclic) bond motifs is 1. The van der Waals surface area contributed by atoms with Crippen molar-refractivity contribution >= 4 is 23.2 Å². The van der Waals surface area contributed by atoms with Crippen molar-refractivity contribution in [1.29, 1.82) is 0 Å². The van der Waals surface area contributed by atoms with E-state index in [-0.39, 0.29) is 18.6 Å². The fraction of sp³-hybridized carbons (Fsp3) is 0.625. The van der Waals surface area contributed by atoms with Crippen molar-refractivity contribution < 1.29 is 19.4 Å². The molecular weight excluding hydrogens is 302 g/mol. The molecule has 1 aliphatic heterocycles. The molecule has 5 nitrogen and oxygen atoms in total. The van der Waals surface area contributed by atoms with Crippen LogP contribution in [-0.2, 0) is 22.4 Å².